The predicted molar refractivity (Wildman–Crippen MR) is 67.0 cm³/mol. The Morgan fingerprint density at radius 3 is 2.53 bits per heavy atom. The molecule has 0 unspecified atom stereocenters. The summed E-state index contributed by atoms with van der Waals surface area (Å²) in [6.07, 6.45) is 0. The highest BCUT2D eigenvalue weighted by atomic mass is 32.1. The van der Waals surface area contributed by atoms with E-state index in [-0.39, 0.29) is 0 Å². The summed E-state index contributed by atoms with van der Waals surface area (Å²) < 4.78 is 0. The van der Waals surface area contributed by atoms with Crippen molar-refractivity contribution in [3.05, 3.63) is 47.6 Å². The van der Waals surface area contributed by atoms with Crippen molar-refractivity contribution < 1.29 is 0 Å². The van der Waals surface area contributed by atoms with Crippen LogP contribution in [0.2, 0.25) is 0 Å². The molecule has 0 aliphatic rings. The summed E-state index contributed by atoms with van der Waals surface area (Å²) in [5.41, 5.74) is 3.28. The molecule has 0 saturated carbocycles. The third kappa shape index (κ3) is 2.00. The molecule has 1 aromatic carbocycles. The van der Waals surface area contributed by atoms with Gasteiger partial charge in [-0.1, -0.05) is 36.9 Å². The normalized spacial score (nSPS) is 10.3. The van der Waals surface area contributed by atoms with E-state index >= 15 is 0 Å². The third-order valence-corrected chi connectivity index (χ3v) is 3.19. The van der Waals surface area contributed by atoms with Gasteiger partial charge in [0.2, 0.25) is 0 Å². The van der Waals surface area contributed by atoms with E-state index in [0.717, 1.165) is 16.3 Å². The molecule has 0 N–H and O–H groups in total. The number of rotatable bonds is 2. The minimum Gasteiger partial charge on any atom is -0.241 e. The van der Waals surface area contributed by atoms with Crippen molar-refractivity contribution in [1.82, 2.24) is 4.98 Å². The van der Waals surface area contributed by atoms with Crippen LogP contribution in [0.5, 0.6) is 0 Å². The van der Waals surface area contributed by atoms with Crippen LogP contribution < -0.4 is 0 Å². The molecular weight excluding hydrogens is 202 g/mol. The van der Waals surface area contributed by atoms with Gasteiger partial charge in [-0.15, -0.1) is 11.3 Å². The van der Waals surface area contributed by atoms with E-state index < -0.39 is 0 Å². The van der Waals surface area contributed by atoms with Gasteiger partial charge in [-0.25, -0.2) is 4.98 Å². The van der Waals surface area contributed by atoms with Crippen molar-refractivity contribution in [2.24, 2.45) is 0 Å². The number of nitrogens with zero attached hydrogens (tertiary/aromatic N) is 1. The van der Waals surface area contributed by atoms with E-state index in [1.165, 1.54) is 10.4 Å². The van der Waals surface area contributed by atoms with Crippen LogP contribution in [0, 0.1) is 6.92 Å². The molecular formula is C13H13NS. The number of thiazole rings is 1. The smallest absolute Gasteiger partial charge is 0.0908 e. The molecule has 0 saturated heterocycles. The van der Waals surface area contributed by atoms with Gasteiger partial charge >= 0.3 is 0 Å². The lowest BCUT2D eigenvalue weighted by Crippen LogP contribution is -1.82. The molecule has 1 heterocycles. The second kappa shape index (κ2) is 3.99. The number of allylic oxidation sites excluding steroid dienone is 1. The molecule has 1 nitrogen and oxygen atoms in total. The lowest BCUT2D eigenvalue weighted by molar-refractivity contribution is 1.26. The number of benzene rings is 1. The number of aryl methyl sites for hydroxylation is 1. The molecule has 0 spiro atoms. The van der Waals surface area contributed by atoms with Gasteiger partial charge in [0.25, 0.3) is 0 Å². The first kappa shape index (κ1) is 10.1. The van der Waals surface area contributed by atoms with E-state index in [9.17, 15) is 0 Å². The lowest BCUT2D eigenvalue weighted by Gasteiger charge is -2.00. The Kier molecular flexibility index (Phi) is 2.69. The summed E-state index contributed by atoms with van der Waals surface area (Å²) in [6.45, 7) is 8.00. The maximum Gasteiger partial charge on any atom is 0.0908 e. The van der Waals surface area contributed by atoms with Crippen LogP contribution in [0.1, 0.15) is 17.6 Å². The van der Waals surface area contributed by atoms with Crippen LogP contribution in [0.15, 0.2) is 36.9 Å². The second-order valence-corrected chi connectivity index (χ2v) is 4.76. The SMILES string of the molecule is C=C(C)c1nc(C)sc1-c1ccccc1. The van der Waals surface area contributed by atoms with Crippen LogP contribution in [0.4, 0.5) is 0 Å². The number of hydrogen-bond donors (Lipinski definition) is 0. The lowest BCUT2D eigenvalue weighted by atomic mass is 10.1. The average Bonchev–Trinajstić information content (AvgIpc) is 2.62. The van der Waals surface area contributed by atoms with Gasteiger partial charge in [-0.05, 0) is 25.0 Å². The van der Waals surface area contributed by atoms with Crippen molar-refractivity contribution in [2.75, 3.05) is 0 Å². The van der Waals surface area contributed by atoms with Gasteiger partial charge in [0, 0.05) is 0 Å². The highest BCUT2D eigenvalue weighted by Crippen LogP contribution is 2.33. The third-order valence-electron chi connectivity index (χ3n) is 2.17. The van der Waals surface area contributed by atoms with Crippen LogP contribution in [-0.2, 0) is 0 Å². The summed E-state index contributed by atoms with van der Waals surface area (Å²) >= 11 is 1.72. The van der Waals surface area contributed by atoms with E-state index in [1.807, 2.05) is 32.0 Å². The largest absolute Gasteiger partial charge is 0.241 e. The fourth-order valence-electron chi connectivity index (χ4n) is 1.50. The fraction of sp³-hybridized carbons (Fsp3) is 0.154. The average molecular weight is 215 g/mol. The van der Waals surface area contributed by atoms with Crippen molar-refractivity contribution in [1.29, 1.82) is 0 Å². The van der Waals surface area contributed by atoms with Gasteiger partial charge in [0.1, 0.15) is 0 Å². The maximum atomic E-state index is 4.51. The molecule has 0 radical (unpaired) electrons. The van der Waals surface area contributed by atoms with E-state index in [0.29, 0.717) is 0 Å². The van der Waals surface area contributed by atoms with Crippen LogP contribution in [0.3, 0.4) is 0 Å². The molecule has 2 rings (SSSR count). The predicted octanol–water partition coefficient (Wildman–Crippen LogP) is 4.15. The van der Waals surface area contributed by atoms with Crippen molar-refractivity contribution in [3.8, 4) is 10.4 Å². The molecule has 0 bridgehead atoms. The first-order valence-corrected chi connectivity index (χ1v) is 5.69. The van der Waals surface area contributed by atoms with Crippen molar-refractivity contribution in [3.63, 3.8) is 0 Å². The molecule has 0 aliphatic heterocycles. The maximum absolute atomic E-state index is 4.51. The van der Waals surface area contributed by atoms with Crippen LogP contribution >= 0.6 is 11.3 Å². The summed E-state index contributed by atoms with van der Waals surface area (Å²) in [5.74, 6) is 0. The number of aromatic nitrogens is 1. The van der Waals surface area contributed by atoms with Gasteiger partial charge in [0.15, 0.2) is 0 Å². The molecule has 0 atom stereocenters. The monoisotopic (exact) mass is 215 g/mol. The second-order valence-electron chi connectivity index (χ2n) is 3.56. The summed E-state index contributed by atoms with van der Waals surface area (Å²) in [4.78, 5) is 5.73. The van der Waals surface area contributed by atoms with Crippen molar-refractivity contribution in [2.45, 2.75) is 13.8 Å². The summed E-state index contributed by atoms with van der Waals surface area (Å²) in [6, 6.07) is 10.3. The molecule has 2 aromatic rings. The van der Waals surface area contributed by atoms with Crippen LogP contribution in [0.25, 0.3) is 16.0 Å². The van der Waals surface area contributed by atoms with Crippen molar-refractivity contribution >= 4 is 16.9 Å². The summed E-state index contributed by atoms with van der Waals surface area (Å²) in [5, 5.41) is 1.09. The zero-order valence-electron chi connectivity index (χ0n) is 8.95. The highest BCUT2D eigenvalue weighted by Gasteiger charge is 2.10. The topological polar surface area (TPSA) is 12.9 Å². The van der Waals surface area contributed by atoms with Gasteiger partial charge < -0.3 is 0 Å². The Hall–Kier alpha value is -1.41. The van der Waals surface area contributed by atoms with Crippen LogP contribution in [-0.4, -0.2) is 4.98 Å². The first-order valence-electron chi connectivity index (χ1n) is 4.87. The Bertz CT molecular complexity index is 482. The Labute approximate surface area is 94.1 Å². The molecule has 0 fully saturated rings. The Morgan fingerprint density at radius 2 is 1.93 bits per heavy atom. The summed E-state index contributed by atoms with van der Waals surface area (Å²) in [7, 11) is 0. The van der Waals surface area contributed by atoms with E-state index in [2.05, 4.69) is 23.7 Å². The Balaban J connectivity index is 2.58. The molecule has 2 heteroatoms. The number of hydrogen-bond acceptors (Lipinski definition) is 2. The molecule has 0 aliphatic carbocycles. The van der Waals surface area contributed by atoms with E-state index in [4.69, 9.17) is 0 Å². The minimum atomic E-state index is 1.03. The molecule has 1 aromatic heterocycles. The standard InChI is InChI=1S/C13H13NS/c1-9(2)12-13(15-10(3)14-12)11-7-5-4-6-8-11/h4-8H,1H2,2-3H3. The minimum absolute atomic E-state index is 1.03. The van der Waals surface area contributed by atoms with E-state index in [1.54, 1.807) is 11.3 Å². The Morgan fingerprint density at radius 1 is 1.27 bits per heavy atom. The first-order chi connectivity index (χ1) is 7.18. The molecule has 0 amide bonds. The zero-order chi connectivity index (χ0) is 10.8. The highest BCUT2D eigenvalue weighted by molar-refractivity contribution is 7.15. The zero-order valence-corrected chi connectivity index (χ0v) is 9.77. The fourth-order valence-corrected chi connectivity index (χ4v) is 2.50. The quantitative estimate of drug-likeness (QED) is 0.733. The van der Waals surface area contributed by atoms with Gasteiger partial charge in [0.05, 0.1) is 15.6 Å². The molecule has 76 valence electrons. The van der Waals surface area contributed by atoms with Gasteiger partial charge in [-0.2, -0.15) is 0 Å². The van der Waals surface area contributed by atoms with Gasteiger partial charge in [-0.3, -0.25) is 0 Å². The molecule has 15 heavy (non-hydrogen) atoms.